The first kappa shape index (κ1) is 16.2. The van der Waals surface area contributed by atoms with E-state index in [2.05, 4.69) is 9.72 Å². The first-order chi connectivity index (χ1) is 9.28. The van der Waals surface area contributed by atoms with Gasteiger partial charge in [0.25, 0.3) is 0 Å². The Balaban J connectivity index is 3.21. The smallest absolute Gasteiger partial charge is 0.466 e. The summed E-state index contributed by atoms with van der Waals surface area (Å²) in [6, 6.07) is 0. The van der Waals surface area contributed by atoms with Gasteiger partial charge in [-0.2, -0.15) is 0 Å². The van der Waals surface area contributed by atoms with Gasteiger partial charge in [-0.25, -0.2) is 0 Å². The van der Waals surface area contributed by atoms with Crippen LogP contribution in [0.25, 0.3) is 0 Å². The number of carbonyl (C=O) groups excluding carboxylic acids is 1. The molecule has 0 aliphatic rings. The summed E-state index contributed by atoms with van der Waals surface area (Å²) >= 11 is 0. The van der Waals surface area contributed by atoms with Gasteiger partial charge in [-0.15, -0.1) is 13.2 Å². The number of esters is 1. The van der Waals surface area contributed by atoms with E-state index >= 15 is 0 Å². The number of aromatic nitrogens is 1. The van der Waals surface area contributed by atoms with Crippen LogP contribution in [0, 0.1) is 6.92 Å². The Labute approximate surface area is 113 Å². The highest BCUT2D eigenvalue weighted by molar-refractivity contribution is 5.74. The average Bonchev–Trinajstić information content (AvgIpc) is 2.32. The van der Waals surface area contributed by atoms with Crippen LogP contribution in [0.3, 0.4) is 0 Å². The van der Waals surface area contributed by atoms with Crippen molar-refractivity contribution >= 4 is 5.97 Å². The van der Waals surface area contributed by atoms with Gasteiger partial charge in [0, 0.05) is 29.6 Å². The van der Waals surface area contributed by atoms with E-state index in [-0.39, 0.29) is 36.4 Å². The molecule has 0 saturated heterocycles. The molecule has 0 radical (unpaired) electrons. The van der Waals surface area contributed by atoms with Crippen molar-refractivity contribution in [2.75, 3.05) is 6.61 Å². The van der Waals surface area contributed by atoms with Gasteiger partial charge in [-0.1, -0.05) is 0 Å². The molecule has 0 amide bonds. The monoisotopic (exact) mass is 292 g/mol. The lowest BCUT2D eigenvalue weighted by molar-refractivity contribution is -0.275. The Morgan fingerprint density at radius 1 is 1.45 bits per heavy atom. The summed E-state index contributed by atoms with van der Waals surface area (Å²) in [7, 11) is 0. The summed E-state index contributed by atoms with van der Waals surface area (Å²) in [5.74, 6) is -1.13. The van der Waals surface area contributed by atoms with E-state index in [0.717, 1.165) is 0 Å². The number of carbonyl (C=O) groups is 1. The van der Waals surface area contributed by atoms with E-state index in [1.807, 2.05) is 0 Å². The van der Waals surface area contributed by atoms with Crippen LogP contribution in [-0.4, -0.2) is 23.9 Å². The van der Waals surface area contributed by atoms with Gasteiger partial charge < -0.3 is 15.2 Å². The Kier molecular flexibility index (Phi) is 5.32. The minimum Gasteiger partial charge on any atom is -0.466 e. The summed E-state index contributed by atoms with van der Waals surface area (Å²) in [4.78, 5) is 15.4. The summed E-state index contributed by atoms with van der Waals surface area (Å²) in [6.07, 6.45) is -4.03. The lowest BCUT2D eigenvalue weighted by Crippen LogP contribution is -2.22. The third-order valence-electron chi connectivity index (χ3n) is 2.48. The predicted octanol–water partition coefficient (Wildman–Crippen LogP) is 1.85. The molecule has 0 spiro atoms. The van der Waals surface area contributed by atoms with Gasteiger partial charge in [0.1, 0.15) is 5.75 Å². The topological polar surface area (TPSA) is 74.4 Å². The fraction of sp³-hybridized carbons (Fsp3) is 0.500. The summed E-state index contributed by atoms with van der Waals surface area (Å²) in [6.45, 7) is 3.04. The average molecular weight is 292 g/mol. The van der Waals surface area contributed by atoms with Crippen LogP contribution in [0.5, 0.6) is 5.75 Å². The number of alkyl halides is 3. The fourth-order valence-electron chi connectivity index (χ4n) is 1.62. The van der Waals surface area contributed by atoms with Crippen molar-refractivity contribution in [3.63, 3.8) is 0 Å². The second kappa shape index (κ2) is 6.56. The Morgan fingerprint density at radius 3 is 2.60 bits per heavy atom. The summed E-state index contributed by atoms with van der Waals surface area (Å²) in [5, 5.41) is 0. The number of pyridine rings is 1. The number of halogens is 3. The standard InChI is InChI=1S/C12H15F3N2O3/c1-3-19-10(18)4-9-7(2)17-6-8(5-16)11(9)20-12(13,14)15/h6H,3-5,16H2,1-2H3. The van der Waals surface area contributed by atoms with E-state index < -0.39 is 18.1 Å². The highest BCUT2D eigenvalue weighted by atomic mass is 19.4. The van der Waals surface area contributed by atoms with E-state index in [1.54, 1.807) is 6.92 Å². The summed E-state index contributed by atoms with van der Waals surface area (Å²) in [5.41, 5.74) is 5.74. The molecule has 2 N–H and O–H groups in total. The van der Waals surface area contributed by atoms with Gasteiger partial charge in [0.2, 0.25) is 0 Å². The van der Waals surface area contributed by atoms with Crippen LogP contribution in [0.1, 0.15) is 23.7 Å². The predicted molar refractivity (Wildman–Crippen MR) is 63.9 cm³/mol. The number of hydrogen-bond donors (Lipinski definition) is 1. The Hall–Kier alpha value is -1.83. The molecule has 0 unspecified atom stereocenters. The first-order valence-corrected chi connectivity index (χ1v) is 5.87. The lowest BCUT2D eigenvalue weighted by atomic mass is 10.1. The van der Waals surface area contributed by atoms with Crippen LogP contribution < -0.4 is 10.5 Å². The minimum absolute atomic E-state index is 0.0312. The molecule has 1 aromatic heterocycles. The molecule has 1 heterocycles. The van der Waals surface area contributed by atoms with Crippen molar-refractivity contribution in [2.45, 2.75) is 33.2 Å². The molecule has 1 aromatic rings. The summed E-state index contributed by atoms with van der Waals surface area (Å²) < 4.78 is 46.1. The van der Waals surface area contributed by atoms with Crippen molar-refractivity contribution < 1.29 is 27.4 Å². The number of aryl methyl sites for hydroxylation is 1. The van der Waals surface area contributed by atoms with Crippen LogP contribution in [0.2, 0.25) is 0 Å². The maximum absolute atomic E-state index is 12.5. The van der Waals surface area contributed by atoms with Crippen molar-refractivity contribution in [1.82, 2.24) is 4.98 Å². The molecule has 0 atom stereocenters. The molecule has 0 aliphatic carbocycles. The molecule has 112 valence electrons. The van der Waals surface area contributed by atoms with Gasteiger partial charge in [0.15, 0.2) is 0 Å². The highest BCUT2D eigenvalue weighted by Crippen LogP contribution is 2.31. The van der Waals surface area contributed by atoms with Crippen LogP contribution in [-0.2, 0) is 22.5 Å². The number of ether oxygens (including phenoxy) is 2. The SMILES string of the molecule is CCOC(=O)Cc1c(C)ncc(CN)c1OC(F)(F)F. The second-order valence-electron chi connectivity index (χ2n) is 3.91. The zero-order chi connectivity index (χ0) is 15.3. The number of nitrogens with two attached hydrogens (primary N) is 1. The van der Waals surface area contributed by atoms with Gasteiger partial charge in [-0.3, -0.25) is 9.78 Å². The maximum Gasteiger partial charge on any atom is 0.573 e. The highest BCUT2D eigenvalue weighted by Gasteiger charge is 2.34. The third-order valence-corrected chi connectivity index (χ3v) is 2.48. The largest absolute Gasteiger partial charge is 0.573 e. The molecule has 0 bridgehead atoms. The van der Waals surface area contributed by atoms with E-state index in [1.165, 1.54) is 13.1 Å². The first-order valence-electron chi connectivity index (χ1n) is 5.87. The molecule has 0 saturated carbocycles. The van der Waals surface area contributed by atoms with Crippen LogP contribution in [0.4, 0.5) is 13.2 Å². The molecule has 20 heavy (non-hydrogen) atoms. The van der Waals surface area contributed by atoms with Crippen LogP contribution in [0.15, 0.2) is 6.20 Å². The zero-order valence-electron chi connectivity index (χ0n) is 11.1. The molecular formula is C12H15F3N2O3. The third kappa shape index (κ3) is 4.37. The molecular weight excluding hydrogens is 277 g/mol. The fourth-order valence-corrected chi connectivity index (χ4v) is 1.62. The van der Waals surface area contributed by atoms with E-state index in [0.29, 0.717) is 0 Å². The Bertz CT molecular complexity index is 490. The van der Waals surface area contributed by atoms with E-state index in [9.17, 15) is 18.0 Å². The minimum atomic E-state index is -4.87. The molecule has 0 fully saturated rings. The lowest BCUT2D eigenvalue weighted by Gasteiger charge is -2.17. The molecule has 1 rings (SSSR count). The normalized spacial score (nSPS) is 11.3. The van der Waals surface area contributed by atoms with Gasteiger partial charge >= 0.3 is 12.3 Å². The number of hydrogen-bond acceptors (Lipinski definition) is 5. The number of rotatable bonds is 5. The zero-order valence-corrected chi connectivity index (χ0v) is 11.1. The Morgan fingerprint density at radius 2 is 2.10 bits per heavy atom. The van der Waals surface area contributed by atoms with Gasteiger partial charge in [0.05, 0.1) is 13.0 Å². The maximum atomic E-state index is 12.5. The quantitative estimate of drug-likeness (QED) is 0.838. The van der Waals surface area contributed by atoms with Gasteiger partial charge in [-0.05, 0) is 13.8 Å². The van der Waals surface area contributed by atoms with Crippen molar-refractivity contribution in [3.05, 3.63) is 23.0 Å². The molecule has 0 aliphatic heterocycles. The molecule has 8 heteroatoms. The van der Waals surface area contributed by atoms with E-state index in [4.69, 9.17) is 10.5 Å². The second-order valence-corrected chi connectivity index (χ2v) is 3.91. The van der Waals surface area contributed by atoms with Crippen molar-refractivity contribution in [3.8, 4) is 5.75 Å². The molecule has 0 aromatic carbocycles. The van der Waals surface area contributed by atoms with Crippen LogP contribution >= 0.6 is 0 Å². The van der Waals surface area contributed by atoms with Crippen molar-refractivity contribution in [1.29, 1.82) is 0 Å². The number of nitrogens with zero attached hydrogens (tertiary/aromatic N) is 1. The van der Waals surface area contributed by atoms with Crippen molar-refractivity contribution in [2.24, 2.45) is 5.73 Å². The molecule has 5 nitrogen and oxygen atoms in total.